The summed E-state index contributed by atoms with van der Waals surface area (Å²) < 4.78 is 5.05. The zero-order chi connectivity index (χ0) is 12.8. The maximum atomic E-state index is 5.05. The summed E-state index contributed by atoms with van der Waals surface area (Å²) >= 11 is 0. The zero-order valence-corrected chi connectivity index (χ0v) is 10.9. The van der Waals surface area contributed by atoms with Gasteiger partial charge in [-0.2, -0.15) is 0 Å². The van der Waals surface area contributed by atoms with E-state index in [2.05, 4.69) is 33.8 Å². The molecular weight excluding hydrogens is 226 g/mol. The predicted molar refractivity (Wildman–Crippen MR) is 74.9 cm³/mol. The molecule has 1 heterocycles. The van der Waals surface area contributed by atoms with Crippen LogP contribution in [0.1, 0.15) is 5.69 Å². The van der Waals surface area contributed by atoms with Gasteiger partial charge in [-0.1, -0.05) is 24.3 Å². The van der Waals surface area contributed by atoms with Crippen LogP contribution < -0.4 is 10.6 Å². The SMILES string of the molecule is CNCc1cc2ccccc2c(NCCOC)n1. The molecule has 0 bridgehead atoms. The number of ether oxygens (including phenoxy) is 1. The number of fused-ring (bicyclic) bond motifs is 1. The first kappa shape index (κ1) is 12.8. The van der Waals surface area contributed by atoms with Crippen molar-refractivity contribution in [3.8, 4) is 0 Å². The fourth-order valence-electron chi connectivity index (χ4n) is 1.93. The number of pyridine rings is 1. The Morgan fingerprint density at radius 2 is 2.11 bits per heavy atom. The van der Waals surface area contributed by atoms with E-state index < -0.39 is 0 Å². The summed E-state index contributed by atoms with van der Waals surface area (Å²) in [5, 5.41) is 8.80. The van der Waals surface area contributed by atoms with Gasteiger partial charge in [-0.05, 0) is 18.5 Å². The van der Waals surface area contributed by atoms with E-state index in [0.29, 0.717) is 6.61 Å². The van der Waals surface area contributed by atoms with Crippen LogP contribution in [0.15, 0.2) is 30.3 Å². The third kappa shape index (κ3) is 2.97. The van der Waals surface area contributed by atoms with Crippen molar-refractivity contribution in [3.05, 3.63) is 36.0 Å². The Morgan fingerprint density at radius 3 is 2.89 bits per heavy atom. The van der Waals surface area contributed by atoms with Crippen LogP contribution in [0.5, 0.6) is 0 Å². The topological polar surface area (TPSA) is 46.2 Å². The second-order valence-corrected chi connectivity index (χ2v) is 4.13. The van der Waals surface area contributed by atoms with Crippen LogP contribution in [0, 0.1) is 0 Å². The first-order chi connectivity index (χ1) is 8.85. The summed E-state index contributed by atoms with van der Waals surface area (Å²) in [6.07, 6.45) is 0. The molecule has 2 N–H and O–H groups in total. The van der Waals surface area contributed by atoms with Crippen LogP contribution in [0.2, 0.25) is 0 Å². The Morgan fingerprint density at radius 1 is 1.28 bits per heavy atom. The predicted octanol–water partition coefficient (Wildman–Crippen LogP) is 2.01. The summed E-state index contributed by atoms with van der Waals surface area (Å²) in [6.45, 7) is 2.20. The smallest absolute Gasteiger partial charge is 0.134 e. The van der Waals surface area contributed by atoms with Gasteiger partial charge in [0, 0.05) is 25.6 Å². The third-order valence-corrected chi connectivity index (χ3v) is 2.75. The Bertz CT molecular complexity index is 513. The number of hydrogen-bond acceptors (Lipinski definition) is 4. The highest BCUT2D eigenvalue weighted by Crippen LogP contribution is 2.22. The number of methoxy groups -OCH3 is 1. The molecule has 0 aliphatic rings. The fourth-order valence-corrected chi connectivity index (χ4v) is 1.93. The van der Waals surface area contributed by atoms with E-state index in [1.54, 1.807) is 7.11 Å². The summed E-state index contributed by atoms with van der Waals surface area (Å²) in [7, 11) is 3.62. The van der Waals surface area contributed by atoms with Gasteiger partial charge in [0.2, 0.25) is 0 Å². The summed E-state index contributed by atoms with van der Waals surface area (Å²) in [4.78, 5) is 4.63. The molecule has 0 fully saturated rings. The maximum Gasteiger partial charge on any atom is 0.134 e. The molecule has 0 saturated carbocycles. The van der Waals surface area contributed by atoms with E-state index in [9.17, 15) is 0 Å². The van der Waals surface area contributed by atoms with Crippen LogP contribution >= 0.6 is 0 Å². The maximum absolute atomic E-state index is 5.05. The van der Waals surface area contributed by atoms with Crippen molar-refractivity contribution in [2.75, 3.05) is 32.6 Å². The molecule has 2 aromatic rings. The molecule has 0 atom stereocenters. The number of hydrogen-bond donors (Lipinski definition) is 2. The van der Waals surface area contributed by atoms with E-state index in [-0.39, 0.29) is 0 Å². The lowest BCUT2D eigenvalue weighted by Gasteiger charge is -2.11. The molecule has 0 aliphatic heterocycles. The molecule has 0 radical (unpaired) electrons. The number of rotatable bonds is 6. The highest BCUT2D eigenvalue weighted by atomic mass is 16.5. The molecule has 0 saturated heterocycles. The van der Waals surface area contributed by atoms with Gasteiger partial charge in [0.25, 0.3) is 0 Å². The lowest BCUT2D eigenvalue weighted by molar-refractivity contribution is 0.210. The van der Waals surface area contributed by atoms with Crippen LogP contribution in [0.3, 0.4) is 0 Å². The molecule has 1 aromatic heterocycles. The first-order valence-electron chi connectivity index (χ1n) is 6.11. The molecule has 0 unspecified atom stereocenters. The minimum atomic E-state index is 0.673. The van der Waals surface area contributed by atoms with Crippen molar-refractivity contribution >= 4 is 16.6 Å². The monoisotopic (exact) mass is 245 g/mol. The molecule has 18 heavy (non-hydrogen) atoms. The molecule has 1 aromatic carbocycles. The van der Waals surface area contributed by atoms with Crippen molar-refractivity contribution in [1.29, 1.82) is 0 Å². The molecule has 0 aliphatic carbocycles. The van der Waals surface area contributed by atoms with Gasteiger partial charge in [-0.15, -0.1) is 0 Å². The highest BCUT2D eigenvalue weighted by molar-refractivity contribution is 5.92. The van der Waals surface area contributed by atoms with Gasteiger partial charge in [-0.25, -0.2) is 4.98 Å². The summed E-state index contributed by atoms with van der Waals surface area (Å²) in [6, 6.07) is 10.4. The number of nitrogens with zero attached hydrogens (tertiary/aromatic N) is 1. The minimum absolute atomic E-state index is 0.673. The van der Waals surface area contributed by atoms with Gasteiger partial charge in [-0.3, -0.25) is 0 Å². The van der Waals surface area contributed by atoms with E-state index in [1.807, 2.05) is 19.2 Å². The quantitative estimate of drug-likeness (QED) is 0.764. The van der Waals surface area contributed by atoms with Crippen molar-refractivity contribution in [1.82, 2.24) is 10.3 Å². The lowest BCUT2D eigenvalue weighted by atomic mass is 10.1. The normalized spacial score (nSPS) is 10.8. The van der Waals surface area contributed by atoms with Gasteiger partial charge in [0.05, 0.1) is 12.3 Å². The number of anilines is 1. The van der Waals surface area contributed by atoms with Gasteiger partial charge in [0.1, 0.15) is 5.82 Å². The molecule has 96 valence electrons. The molecule has 0 amide bonds. The third-order valence-electron chi connectivity index (χ3n) is 2.75. The van der Waals surface area contributed by atoms with Crippen LogP contribution in [-0.2, 0) is 11.3 Å². The van der Waals surface area contributed by atoms with E-state index in [1.165, 1.54) is 5.39 Å². The summed E-state index contributed by atoms with van der Waals surface area (Å²) in [5.74, 6) is 0.926. The van der Waals surface area contributed by atoms with Gasteiger partial charge in [0.15, 0.2) is 0 Å². The van der Waals surface area contributed by atoms with E-state index in [0.717, 1.165) is 30.0 Å². The van der Waals surface area contributed by atoms with Gasteiger partial charge < -0.3 is 15.4 Å². The Labute approximate surface area is 107 Å². The van der Waals surface area contributed by atoms with Crippen molar-refractivity contribution in [2.45, 2.75) is 6.54 Å². The van der Waals surface area contributed by atoms with Crippen LogP contribution in [0.25, 0.3) is 10.8 Å². The van der Waals surface area contributed by atoms with Crippen LogP contribution in [-0.4, -0.2) is 32.3 Å². The second kappa shape index (κ2) is 6.33. The number of aromatic nitrogens is 1. The molecule has 4 heteroatoms. The summed E-state index contributed by atoms with van der Waals surface area (Å²) in [5.41, 5.74) is 1.04. The zero-order valence-electron chi connectivity index (χ0n) is 10.9. The number of benzene rings is 1. The van der Waals surface area contributed by atoms with E-state index in [4.69, 9.17) is 4.74 Å². The Balaban J connectivity index is 2.34. The Kier molecular flexibility index (Phi) is 4.50. The fraction of sp³-hybridized carbons (Fsp3) is 0.357. The Hall–Kier alpha value is -1.65. The highest BCUT2D eigenvalue weighted by Gasteiger charge is 2.04. The van der Waals surface area contributed by atoms with Gasteiger partial charge >= 0.3 is 0 Å². The lowest BCUT2D eigenvalue weighted by Crippen LogP contribution is -2.12. The molecule has 2 rings (SSSR count). The first-order valence-corrected chi connectivity index (χ1v) is 6.11. The van der Waals surface area contributed by atoms with E-state index >= 15 is 0 Å². The van der Waals surface area contributed by atoms with Crippen molar-refractivity contribution in [3.63, 3.8) is 0 Å². The molecular formula is C14H19N3O. The molecule has 4 nitrogen and oxygen atoms in total. The second-order valence-electron chi connectivity index (χ2n) is 4.13. The largest absolute Gasteiger partial charge is 0.383 e. The van der Waals surface area contributed by atoms with Crippen molar-refractivity contribution in [2.24, 2.45) is 0 Å². The van der Waals surface area contributed by atoms with Crippen LogP contribution in [0.4, 0.5) is 5.82 Å². The standard InChI is InChI=1S/C14H19N3O/c1-15-10-12-9-11-5-3-4-6-13(11)14(17-12)16-7-8-18-2/h3-6,9,15H,7-8,10H2,1-2H3,(H,16,17). The van der Waals surface area contributed by atoms with Crippen molar-refractivity contribution < 1.29 is 4.74 Å². The average Bonchev–Trinajstić information content (AvgIpc) is 2.39. The molecule has 0 spiro atoms. The minimum Gasteiger partial charge on any atom is -0.383 e. The number of nitrogens with one attached hydrogen (secondary N) is 2. The average molecular weight is 245 g/mol.